The van der Waals surface area contributed by atoms with E-state index < -0.39 is 17.8 Å². The average Bonchev–Trinajstić information content (AvgIpc) is 2.12. The Morgan fingerprint density at radius 2 is 2.27 bits per heavy atom. The van der Waals surface area contributed by atoms with Gasteiger partial charge in [-0.2, -0.15) is 0 Å². The SMILES string of the molecule is CC[C@@H](Nc1cc(F)cc(Cl)c1)C(=O)O. The summed E-state index contributed by atoms with van der Waals surface area (Å²) in [4.78, 5) is 10.7. The first-order valence-electron chi connectivity index (χ1n) is 4.48. The lowest BCUT2D eigenvalue weighted by Gasteiger charge is -2.13. The Balaban J connectivity index is 2.83. The maximum absolute atomic E-state index is 12.9. The molecule has 0 heterocycles. The quantitative estimate of drug-likeness (QED) is 0.838. The van der Waals surface area contributed by atoms with E-state index in [0.29, 0.717) is 12.1 Å². The fraction of sp³-hybridized carbons (Fsp3) is 0.300. The van der Waals surface area contributed by atoms with Crippen LogP contribution in [0.25, 0.3) is 0 Å². The Bertz CT molecular complexity index is 350. The summed E-state index contributed by atoms with van der Waals surface area (Å²) in [6.07, 6.45) is 0.406. The highest BCUT2D eigenvalue weighted by Crippen LogP contribution is 2.19. The third-order valence-electron chi connectivity index (χ3n) is 1.91. The molecule has 0 aliphatic carbocycles. The fourth-order valence-corrected chi connectivity index (χ4v) is 1.40. The van der Waals surface area contributed by atoms with Gasteiger partial charge in [-0.3, -0.25) is 0 Å². The monoisotopic (exact) mass is 231 g/mol. The number of anilines is 1. The molecule has 2 N–H and O–H groups in total. The highest BCUT2D eigenvalue weighted by molar-refractivity contribution is 6.30. The molecular formula is C10H11ClFNO2. The molecule has 0 fully saturated rings. The fourth-order valence-electron chi connectivity index (χ4n) is 1.18. The van der Waals surface area contributed by atoms with Crippen LogP contribution in [0.4, 0.5) is 10.1 Å². The standard InChI is InChI=1S/C10H11ClFNO2/c1-2-9(10(14)15)13-8-4-6(11)3-7(12)5-8/h3-5,9,13H,2H2,1H3,(H,14,15)/t9-/m1/s1. The largest absolute Gasteiger partial charge is 0.480 e. The average molecular weight is 232 g/mol. The van der Waals surface area contributed by atoms with Crippen LogP contribution in [0.5, 0.6) is 0 Å². The van der Waals surface area contributed by atoms with E-state index in [1.165, 1.54) is 12.1 Å². The second-order valence-corrected chi connectivity index (χ2v) is 3.54. The molecule has 0 saturated heterocycles. The number of rotatable bonds is 4. The van der Waals surface area contributed by atoms with Crippen LogP contribution >= 0.6 is 11.6 Å². The molecule has 0 spiro atoms. The van der Waals surface area contributed by atoms with Crippen molar-refractivity contribution in [2.24, 2.45) is 0 Å². The van der Waals surface area contributed by atoms with E-state index in [-0.39, 0.29) is 5.02 Å². The van der Waals surface area contributed by atoms with Crippen molar-refractivity contribution in [1.29, 1.82) is 0 Å². The highest BCUT2D eigenvalue weighted by atomic mass is 35.5. The summed E-state index contributed by atoms with van der Waals surface area (Å²) in [5.74, 6) is -1.47. The summed E-state index contributed by atoms with van der Waals surface area (Å²) in [6, 6.07) is 3.12. The molecule has 1 aromatic rings. The number of carboxylic acids is 1. The molecule has 1 rings (SSSR count). The number of carboxylic acid groups (broad SMARTS) is 1. The van der Waals surface area contributed by atoms with E-state index in [1.807, 2.05) is 0 Å². The van der Waals surface area contributed by atoms with Crippen molar-refractivity contribution in [3.8, 4) is 0 Å². The van der Waals surface area contributed by atoms with Crippen molar-refractivity contribution in [2.75, 3.05) is 5.32 Å². The summed E-state index contributed by atoms with van der Waals surface area (Å²) < 4.78 is 12.9. The number of hydrogen-bond acceptors (Lipinski definition) is 2. The summed E-state index contributed by atoms with van der Waals surface area (Å²) in [7, 11) is 0. The Morgan fingerprint density at radius 1 is 1.60 bits per heavy atom. The van der Waals surface area contributed by atoms with Crippen LogP contribution in [0.1, 0.15) is 13.3 Å². The number of halogens is 2. The van der Waals surface area contributed by atoms with Gasteiger partial charge >= 0.3 is 5.97 Å². The van der Waals surface area contributed by atoms with Crippen molar-refractivity contribution in [3.63, 3.8) is 0 Å². The maximum atomic E-state index is 12.9. The van der Waals surface area contributed by atoms with Crippen molar-refractivity contribution < 1.29 is 14.3 Å². The predicted molar refractivity (Wildman–Crippen MR) is 56.7 cm³/mol. The molecule has 1 aromatic carbocycles. The van der Waals surface area contributed by atoms with Gasteiger partial charge in [-0.25, -0.2) is 9.18 Å². The van der Waals surface area contributed by atoms with Crippen molar-refractivity contribution in [2.45, 2.75) is 19.4 Å². The molecule has 0 unspecified atom stereocenters. The van der Waals surface area contributed by atoms with Crippen LogP contribution in [0, 0.1) is 5.82 Å². The van der Waals surface area contributed by atoms with Gasteiger partial charge in [0.15, 0.2) is 0 Å². The van der Waals surface area contributed by atoms with Gasteiger partial charge in [0.1, 0.15) is 11.9 Å². The van der Waals surface area contributed by atoms with Gasteiger partial charge in [0.05, 0.1) is 0 Å². The lowest BCUT2D eigenvalue weighted by molar-refractivity contribution is -0.137. The van der Waals surface area contributed by atoms with Gasteiger partial charge in [-0.15, -0.1) is 0 Å². The second-order valence-electron chi connectivity index (χ2n) is 3.10. The van der Waals surface area contributed by atoms with E-state index in [4.69, 9.17) is 16.7 Å². The predicted octanol–water partition coefficient (Wildman–Crippen LogP) is 2.75. The third kappa shape index (κ3) is 3.40. The Hall–Kier alpha value is -1.29. The van der Waals surface area contributed by atoms with E-state index in [1.54, 1.807) is 6.92 Å². The van der Waals surface area contributed by atoms with Crippen LogP contribution in [0.15, 0.2) is 18.2 Å². The molecule has 1 atom stereocenters. The van der Waals surface area contributed by atoms with E-state index in [0.717, 1.165) is 6.07 Å². The van der Waals surface area contributed by atoms with Gasteiger partial charge < -0.3 is 10.4 Å². The number of nitrogens with one attached hydrogen (secondary N) is 1. The van der Waals surface area contributed by atoms with E-state index >= 15 is 0 Å². The van der Waals surface area contributed by atoms with Crippen molar-refractivity contribution in [1.82, 2.24) is 0 Å². The molecule has 0 aromatic heterocycles. The first kappa shape index (κ1) is 11.8. The zero-order chi connectivity index (χ0) is 11.4. The zero-order valence-corrected chi connectivity index (χ0v) is 8.88. The number of aliphatic carboxylic acids is 1. The van der Waals surface area contributed by atoms with Crippen molar-refractivity contribution >= 4 is 23.3 Å². The molecule has 0 aliphatic heterocycles. The lowest BCUT2D eigenvalue weighted by Crippen LogP contribution is -2.28. The van der Waals surface area contributed by atoms with Gasteiger partial charge in [-0.05, 0) is 24.6 Å². The smallest absolute Gasteiger partial charge is 0.326 e. The Labute approximate surface area is 91.9 Å². The van der Waals surface area contributed by atoms with E-state index in [9.17, 15) is 9.18 Å². The third-order valence-corrected chi connectivity index (χ3v) is 2.13. The molecule has 3 nitrogen and oxygen atoms in total. The summed E-state index contributed by atoms with van der Waals surface area (Å²) in [5.41, 5.74) is 0.370. The summed E-state index contributed by atoms with van der Waals surface area (Å²) >= 11 is 5.63. The number of carbonyl (C=O) groups is 1. The minimum atomic E-state index is -0.974. The summed E-state index contributed by atoms with van der Waals surface area (Å²) in [6.45, 7) is 1.73. The summed E-state index contributed by atoms with van der Waals surface area (Å²) in [5, 5.41) is 11.7. The molecule has 0 saturated carbocycles. The molecule has 15 heavy (non-hydrogen) atoms. The molecule has 0 aliphatic rings. The molecule has 0 bridgehead atoms. The Morgan fingerprint density at radius 3 is 2.73 bits per heavy atom. The van der Waals surface area contributed by atoms with Crippen LogP contribution in [-0.2, 0) is 4.79 Å². The lowest BCUT2D eigenvalue weighted by atomic mass is 10.2. The minimum Gasteiger partial charge on any atom is -0.480 e. The van der Waals surface area contributed by atoms with Crippen molar-refractivity contribution in [3.05, 3.63) is 29.0 Å². The normalized spacial score (nSPS) is 12.2. The first-order valence-corrected chi connectivity index (χ1v) is 4.86. The molecule has 0 radical (unpaired) electrons. The van der Waals surface area contributed by atoms with Crippen LogP contribution in [0.3, 0.4) is 0 Å². The highest BCUT2D eigenvalue weighted by Gasteiger charge is 2.14. The van der Waals surface area contributed by atoms with E-state index in [2.05, 4.69) is 5.32 Å². The van der Waals surface area contributed by atoms with Crippen LogP contribution in [-0.4, -0.2) is 17.1 Å². The maximum Gasteiger partial charge on any atom is 0.326 e. The van der Waals surface area contributed by atoms with Gasteiger partial charge in [-0.1, -0.05) is 18.5 Å². The number of benzene rings is 1. The van der Waals surface area contributed by atoms with Crippen LogP contribution in [0.2, 0.25) is 5.02 Å². The topological polar surface area (TPSA) is 49.3 Å². The molecule has 82 valence electrons. The molecule has 5 heteroatoms. The van der Waals surface area contributed by atoms with Gasteiger partial charge in [0.25, 0.3) is 0 Å². The second kappa shape index (κ2) is 4.98. The van der Waals surface area contributed by atoms with Gasteiger partial charge in [0.2, 0.25) is 0 Å². The Kier molecular flexibility index (Phi) is 3.91. The molecular weight excluding hydrogens is 221 g/mol. The zero-order valence-electron chi connectivity index (χ0n) is 8.13. The van der Waals surface area contributed by atoms with Gasteiger partial charge in [0, 0.05) is 10.7 Å². The van der Waals surface area contributed by atoms with Crippen LogP contribution < -0.4 is 5.32 Å². The first-order chi connectivity index (χ1) is 7.02. The molecule has 0 amide bonds. The number of hydrogen-bond donors (Lipinski definition) is 2. The minimum absolute atomic E-state index is 0.234.